The number of likely N-dealkylation sites (N-methyl/N-ethyl adjacent to an activating group) is 1. The molecule has 2 aromatic rings. The molecule has 2 aromatic heterocycles. The number of hydrogen-bond donors (Lipinski definition) is 3. The highest BCUT2D eigenvalue weighted by atomic mass is 16.5. The lowest BCUT2D eigenvalue weighted by molar-refractivity contribution is -0.00877. The smallest absolute Gasteiger partial charge is 0.212 e. The number of aromatic nitrogens is 2. The number of hydrogen-bond acceptors (Lipinski definition) is 9. The third kappa shape index (κ3) is 4.36. The van der Waals surface area contributed by atoms with Gasteiger partial charge in [0.2, 0.25) is 5.88 Å². The Morgan fingerprint density at radius 2 is 2.09 bits per heavy atom. The molecule has 2 unspecified atom stereocenters. The molecule has 0 aliphatic carbocycles. The molecule has 2 bridgehead atoms. The number of methoxy groups -OCH3 is 1. The van der Waals surface area contributed by atoms with Crippen LogP contribution in [-0.2, 0) is 6.54 Å². The SMILES string of the molecule is CNC1=CN/C(=C(/C#N)C=N)C(c2ccc(N3CC4CC(C3)N4Cc3ccc(OC)nc3)nc2)=C1. The summed E-state index contributed by atoms with van der Waals surface area (Å²) in [6.45, 7) is 2.79. The minimum absolute atomic E-state index is 0.273. The van der Waals surface area contributed by atoms with Crippen molar-refractivity contribution in [2.24, 2.45) is 0 Å². The van der Waals surface area contributed by atoms with E-state index in [1.165, 1.54) is 12.0 Å². The summed E-state index contributed by atoms with van der Waals surface area (Å²) in [4.78, 5) is 14.0. The third-order valence-electron chi connectivity index (χ3n) is 6.86. The molecule has 0 spiro atoms. The van der Waals surface area contributed by atoms with Gasteiger partial charge in [-0.3, -0.25) is 4.90 Å². The number of nitriles is 1. The van der Waals surface area contributed by atoms with Crippen molar-refractivity contribution < 1.29 is 4.74 Å². The summed E-state index contributed by atoms with van der Waals surface area (Å²) in [7, 11) is 3.47. The van der Waals surface area contributed by atoms with Crippen molar-refractivity contribution in [3.8, 4) is 11.9 Å². The highest BCUT2D eigenvalue weighted by molar-refractivity contribution is 5.93. The maximum absolute atomic E-state index is 9.45. The number of pyridine rings is 2. The van der Waals surface area contributed by atoms with E-state index in [4.69, 9.17) is 15.1 Å². The van der Waals surface area contributed by atoms with Crippen LogP contribution in [0.2, 0.25) is 0 Å². The average Bonchev–Trinajstić information content (AvgIpc) is 2.93. The molecule has 6 rings (SSSR count). The Labute approximate surface area is 204 Å². The van der Waals surface area contributed by atoms with Gasteiger partial charge in [0, 0.05) is 80.8 Å². The van der Waals surface area contributed by atoms with Gasteiger partial charge in [-0.15, -0.1) is 0 Å². The number of nitrogens with zero attached hydrogens (tertiary/aromatic N) is 5. The lowest BCUT2D eigenvalue weighted by Crippen LogP contribution is -2.68. The predicted molar refractivity (Wildman–Crippen MR) is 135 cm³/mol. The van der Waals surface area contributed by atoms with E-state index in [-0.39, 0.29) is 5.57 Å². The summed E-state index contributed by atoms with van der Waals surface area (Å²) >= 11 is 0. The molecule has 3 fully saturated rings. The maximum atomic E-state index is 9.45. The molecule has 0 amide bonds. The molecule has 2 atom stereocenters. The number of rotatable bonds is 7. The monoisotopic (exact) mass is 468 g/mol. The van der Waals surface area contributed by atoms with Crippen molar-refractivity contribution in [3.05, 3.63) is 77.0 Å². The molecule has 0 aromatic carbocycles. The van der Waals surface area contributed by atoms with Gasteiger partial charge in [0.05, 0.1) is 24.1 Å². The van der Waals surface area contributed by atoms with Crippen LogP contribution in [0.3, 0.4) is 0 Å². The molecule has 35 heavy (non-hydrogen) atoms. The Morgan fingerprint density at radius 3 is 2.69 bits per heavy atom. The van der Waals surface area contributed by atoms with Gasteiger partial charge in [-0.05, 0) is 30.2 Å². The molecule has 4 aliphatic heterocycles. The number of dihydropyridines is 1. The summed E-state index contributed by atoms with van der Waals surface area (Å²) in [5.74, 6) is 1.60. The second-order valence-electron chi connectivity index (χ2n) is 8.83. The zero-order valence-corrected chi connectivity index (χ0v) is 19.8. The van der Waals surface area contributed by atoms with E-state index in [0.717, 1.165) is 48.5 Å². The van der Waals surface area contributed by atoms with Crippen molar-refractivity contribution in [2.75, 3.05) is 32.1 Å². The van der Waals surface area contributed by atoms with Crippen molar-refractivity contribution >= 4 is 17.6 Å². The second-order valence-corrected chi connectivity index (χ2v) is 8.83. The third-order valence-corrected chi connectivity index (χ3v) is 6.86. The largest absolute Gasteiger partial charge is 0.481 e. The summed E-state index contributed by atoms with van der Waals surface area (Å²) in [5, 5.41) is 23.3. The average molecular weight is 469 g/mol. The number of piperazine rings is 1. The molecule has 0 saturated carbocycles. The van der Waals surface area contributed by atoms with Crippen LogP contribution in [0.5, 0.6) is 5.88 Å². The van der Waals surface area contributed by atoms with Crippen LogP contribution in [-0.4, -0.2) is 60.4 Å². The molecule has 9 nitrogen and oxygen atoms in total. The highest BCUT2D eigenvalue weighted by Gasteiger charge is 2.44. The van der Waals surface area contributed by atoms with Gasteiger partial charge in [0.1, 0.15) is 11.9 Å². The number of piperidine rings is 1. The van der Waals surface area contributed by atoms with E-state index in [1.54, 1.807) is 13.3 Å². The normalized spacial score (nSPS) is 22.6. The van der Waals surface area contributed by atoms with Crippen LogP contribution in [0.1, 0.15) is 17.5 Å². The Bertz CT molecular complexity index is 1230. The number of allylic oxidation sites excluding steroid dienone is 3. The van der Waals surface area contributed by atoms with E-state index in [1.807, 2.05) is 43.7 Å². The van der Waals surface area contributed by atoms with Gasteiger partial charge in [0.25, 0.3) is 0 Å². The van der Waals surface area contributed by atoms with Crippen LogP contribution < -0.4 is 20.3 Å². The van der Waals surface area contributed by atoms with Crippen LogP contribution in [0.15, 0.2) is 65.9 Å². The number of anilines is 1. The van der Waals surface area contributed by atoms with Crippen molar-refractivity contribution in [2.45, 2.75) is 25.0 Å². The van der Waals surface area contributed by atoms with E-state index < -0.39 is 0 Å². The van der Waals surface area contributed by atoms with Crippen molar-refractivity contribution in [1.29, 1.82) is 10.7 Å². The first-order chi connectivity index (χ1) is 17.1. The summed E-state index contributed by atoms with van der Waals surface area (Å²) in [6.07, 6.45) is 9.78. The molecular formula is C26H28N8O. The Balaban J connectivity index is 1.29. The van der Waals surface area contributed by atoms with Crippen LogP contribution >= 0.6 is 0 Å². The van der Waals surface area contributed by atoms with E-state index in [9.17, 15) is 5.26 Å². The quantitative estimate of drug-likeness (QED) is 0.420. The Hall–Kier alpha value is -4.16. The van der Waals surface area contributed by atoms with Crippen LogP contribution in [0.25, 0.3) is 5.57 Å². The molecule has 178 valence electrons. The van der Waals surface area contributed by atoms with Crippen LogP contribution in [0.4, 0.5) is 5.82 Å². The molecule has 3 N–H and O–H groups in total. The lowest BCUT2D eigenvalue weighted by Gasteiger charge is -2.56. The summed E-state index contributed by atoms with van der Waals surface area (Å²) in [6, 6.07) is 11.2. The minimum Gasteiger partial charge on any atom is -0.481 e. The van der Waals surface area contributed by atoms with E-state index in [2.05, 4.69) is 37.6 Å². The van der Waals surface area contributed by atoms with Gasteiger partial charge >= 0.3 is 0 Å². The number of ether oxygens (including phenoxy) is 1. The lowest BCUT2D eigenvalue weighted by atomic mass is 9.87. The molecule has 4 aliphatic rings. The molecule has 0 radical (unpaired) electrons. The Morgan fingerprint density at radius 1 is 1.26 bits per heavy atom. The first kappa shape index (κ1) is 22.6. The van der Waals surface area contributed by atoms with Crippen molar-refractivity contribution in [1.82, 2.24) is 25.5 Å². The van der Waals surface area contributed by atoms with Gasteiger partial charge in [0.15, 0.2) is 0 Å². The van der Waals surface area contributed by atoms with E-state index in [0.29, 0.717) is 23.7 Å². The van der Waals surface area contributed by atoms with Crippen LogP contribution in [0, 0.1) is 16.7 Å². The Kier molecular flexibility index (Phi) is 6.21. The molecule has 9 heteroatoms. The zero-order chi connectivity index (χ0) is 24.4. The second kappa shape index (κ2) is 9.60. The maximum Gasteiger partial charge on any atom is 0.212 e. The van der Waals surface area contributed by atoms with Gasteiger partial charge in [-0.2, -0.15) is 5.26 Å². The van der Waals surface area contributed by atoms with Gasteiger partial charge in [-0.1, -0.05) is 6.07 Å². The number of fused-ring (bicyclic) bond motifs is 2. The molecule has 3 saturated heterocycles. The molecular weight excluding hydrogens is 440 g/mol. The topological polar surface area (TPSA) is 113 Å². The minimum atomic E-state index is 0.273. The standard InChI is InChI=1S/C26H28N8O/c1-29-20-7-23(26(32-13-20)19(9-27)10-28)18-4-5-24(30-12-18)33-15-21-8-22(16-33)34(21)14-17-3-6-25(35-2)31-11-17/h3-7,9,11-13,21-22,27,29,32H,8,14-16H2,1-2H3/b26-19+,27-9?. The number of nitrogens with one attached hydrogen (secondary N) is 3. The fraction of sp³-hybridized carbons (Fsp3) is 0.308. The predicted octanol–water partition coefficient (Wildman–Crippen LogP) is 2.42. The van der Waals surface area contributed by atoms with Gasteiger partial charge in [-0.25, -0.2) is 9.97 Å². The summed E-state index contributed by atoms with van der Waals surface area (Å²) < 4.78 is 5.16. The van der Waals surface area contributed by atoms with Gasteiger partial charge < -0.3 is 25.7 Å². The highest BCUT2D eigenvalue weighted by Crippen LogP contribution is 2.36. The fourth-order valence-electron chi connectivity index (χ4n) is 4.95. The molecule has 6 heterocycles. The van der Waals surface area contributed by atoms with Crippen molar-refractivity contribution in [3.63, 3.8) is 0 Å². The van der Waals surface area contributed by atoms with E-state index >= 15 is 0 Å². The fourth-order valence-corrected chi connectivity index (χ4v) is 4.95. The summed E-state index contributed by atoms with van der Waals surface area (Å²) in [5.41, 5.74) is 4.69. The zero-order valence-electron chi connectivity index (χ0n) is 19.8. The first-order valence-electron chi connectivity index (χ1n) is 11.6. The first-order valence-corrected chi connectivity index (χ1v) is 11.6.